The molecule has 0 saturated heterocycles. The first-order valence-corrected chi connectivity index (χ1v) is 7.29. The normalized spacial score (nSPS) is 11.6. The van der Waals surface area contributed by atoms with Crippen molar-refractivity contribution in [3.05, 3.63) is 64.1 Å². The molecular weight excluding hydrogens is 317 g/mol. The van der Waals surface area contributed by atoms with E-state index in [9.17, 15) is 19.3 Å². The minimum absolute atomic E-state index is 0.0600. The number of carbonyl (C=O) groups excluding carboxylic acids is 1. The number of aromatic nitrogens is 1. The van der Waals surface area contributed by atoms with Crippen molar-refractivity contribution in [3.8, 4) is 0 Å². The van der Waals surface area contributed by atoms with Crippen LogP contribution in [0.5, 0.6) is 0 Å². The molecule has 2 aromatic rings. The lowest BCUT2D eigenvalue weighted by Gasteiger charge is -2.17. The minimum atomic E-state index is -0.619. The average molecular weight is 333 g/mol. The van der Waals surface area contributed by atoms with Crippen LogP contribution in [0.2, 0.25) is 0 Å². The van der Waals surface area contributed by atoms with Crippen molar-refractivity contribution in [2.45, 2.75) is 19.4 Å². The number of nitro groups is 1. The van der Waals surface area contributed by atoms with Crippen LogP contribution in [0.25, 0.3) is 0 Å². The molecule has 1 unspecified atom stereocenters. The van der Waals surface area contributed by atoms with E-state index in [4.69, 9.17) is 4.74 Å². The molecule has 126 valence electrons. The van der Waals surface area contributed by atoms with Crippen molar-refractivity contribution < 1.29 is 18.8 Å². The van der Waals surface area contributed by atoms with E-state index >= 15 is 0 Å². The number of nitrogens with zero attached hydrogens (tertiary/aromatic N) is 2. The number of halogens is 1. The molecule has 24 heavy (non-hydrogen) atoms. The van der Waals surface area contributed by atoms with Crippen LogP contribution in [0.15, 0.2) is 42.6 Å². The number of hydrogen-bond donors (Lipinski definition) is 1. The van der Waals surface area contributed by atoms with E-state index in [-0.39, 0.29) is 23.9 Å². The number of rotatable bonds is 7. The molecule has 0 spiro atoms. The molecule has 7 nitrogen and oxygen atoms in total. The Bertz CT molecular complexity index is 722. The molecule has 1 N–H and O–H groups in total. The topological polar surface area (TPSA) is 94.4 Å². The smallest absolute Gasteiger partial charge is 0.338 e. The Morgan fingerprint density at radius 3 is 2.79 bits per heavy atom. The third kappa shape index (κ3) is 4.73. The molecule has 0 radical (unpaired) electrons. The van der Waals surface area contributed by atoms with Crippen molar-refractivity contribution in [1.29, 1.82) is 0 Å². The number of esters is 1. The van der Waals surface area contributed by atoms with E-state index in [0.717, 1.165) is 12.3 Å². The monoisotopic (exact) mass is 333 g/mol. The highest BCUT2D eigenvalue weighted by Gasteiger charge is 2.13. The molecule has 0 aliphatic heterocycles. The molecule has 0 amide bonds. The van der Waals surface area contributed by atoms with Gasteiger partial charge in [0.1, 0.15) is 24.4 Å². The average Bonchev–Trinajstić information content (AvgIpc) is 2.58. The standard InChI is InChI=1S/C16H16FN3O4/c1-2-13(19-15-7-6-14(9-18-15)20(22)23)10-24-16(21)11-4-3-5-12(17)8-11/h3-9,13H,2,10H2,1H3,(H,18,19). The molecule has 0 fully saturated rings. The Labute approximate surface area is 137 Å². The van der Waals surface area contributed by atoms with Gasteiger partial charge in [0.2, 0.25) is 0 Å². The van der Waals surface area contributed by atoms with Gasteiger partial charge in [0, 0.05) is 6.07 Å². The summed E-state index contributed by atoms with van der Waals surface area (Å²) in [5.41, 5.74) is 0.0319. The fraction of sp³-hybridized carbons (Fsp3) is 0.250. The second-order valence-corrected chi connectivity index (χ2v) is 5.02. The Morgan fingerprint density at radius 1 is 1.42 bits per heavy atom. The van der Waals surface area contributed by atoms with Gasteiger partial charge in [0.25, 0.3) is 5.69 Å². The molecule has 8 heteroatoms. The minimum Gasteiger partial charge on any atom is -0.460 e. The van der Waals surface area contributed by atoms with Gasteiger partial charge in [-0.25, -0.2) is 14.2 Å². The Hall–Kier alpha value is -3.03. The number of carbonyl (C=O) groups is 1. The molecule has 1 aromatic heterocycles. The molecule has 0 aliphatic rings. The number of nitrogens with one attached hydrogen (secondary N) is 1. The van der Waals surface area contributed by atoms with Crippen LogP contribution in [0, 0.1) is 15.9 Å². The number of ether oxygens (including phenoxy) is 1. The summed E-state index contributed by atoms with van der Waals surface area (Å²) in [5.74, 6) is -0.689. The van der Waals surface area contributed by atoms with Crippen LogP contribution in [0.1, 0.15) is 23.7 Å². The van der Waals surface area contributed by atoms with Gasteiger partial charge in [-0.05, 0) is 30.7 Å². The fourth-order valence-electron chi connectivity index (χ4n) is 1.93. The first-order chi connectivity index (χ1) is 11.5. The van der Waals surface area contributed by atoms with Crippen LogP contribution < -0.4 is 5.32 Å². The summed E-state index contributed by atoms with van der Waals surface area (Å²) in [4.78, 5) is 25.9. The number of benzene rings is 1. The zero-order chi connectivity index (χ0) is 17.5. The highest BCUT2D eigenvalue weighted by atomic mass is 19.1. The largest absolute Gasteiger partial charge is 0.460 e. The highest BCUT2D eigenvalue weighted by molar-refractivity contribution is 5.89. The lowest BCUT2D eigenvalue weighted by Crippen LogP contribution is -2.26. The third-order valence-corrected chi connectivity index (χ3v) is 3.28. The second-order valence-electron chi connectivity index (χ2n) is 5.02. The molecule has 2 rings (SSSR count). The van der Waals surface area contributed by atoms with Crippen LogP contribution in [-0.2, 0) is 4.74 Å². The Kier molecular flexibility index (Phi) is 5.78. The summed E-state index contributed by atoms with van der Waals surface area (Å²) < 4.78 is 18.3. The summed E-state index contributed by atoms with van der Waals surface area (Å²) in [6.45, 7) is 1.95. The van der Waals surface area contributed by atoms with Gasteiger partial charge in [-0.15, -0.1) is 0 Å². The van der Waals surface area contributed by atoms with E-state index in [1.54, 1.807) is 0 Å². The van der Waals surface area contributed by atoms with Crippen molar-refractivity contribution >= 4 is 17.5 Å². The van der Waals surface area contributed by atoms with Gasteiger partial charge in [-0.3, -0.25) is 10.1 Å². The summed E-state index contributed by atoms with van der Waals surface area (Å²) in [5, 5.41) is 13.6. The number of hydrogen-bond acceptors (Lipinski definition) is 6. The first kappa shape index (κ1) is 17.3. The van der Waals surface area contributed by atoms with E-state index in [1.807, 2.05) is 6.92 Å². The van der Waals surface area contributed by atoms with Crippen molar-refractivity contribution in [2.75, 3.05) is 11.9 Å². The van der Waals surface area contributed by atoms with E-state index < -0.39 is 16.7 Å². The van der Waals surface area contributed by atoms with E-state index in [0.29, 0.717) is 12.2 Å². The van der Waals surface area contributed by atoms with Crippen molar-refractivity contribution in [2.24, 2.45) is 0 Å². The molecular formula is C16H16FN3O4. The van der Waals surface area contributed by atoms with Crippen LogP contribution >= 0.6 is 0 Å². The van der Waals surface area contributed by atoms with Crippen molar-refractivity contribution in [1.82, 2.24) is 4.98 Å². The van der Waals surface area contributed by atoms with Gasteiger partial charge >= 0.3 is 5.97 Å². The Balaban J connectivity index is 1.92. The maximum atomic E-state index is 13.1. The molecule has 1 aromatic carbocycles. The molecule has 1 atom stereocenters. The Morgan fingerprint density at radius 2 is 2.21 bits per heavy atom. The van der Waals surface area contributed by atoms with Crippen LogP contribution in [-0.4, -0.2) is 28.5 Å². The summed E-state index contributed by atoms with van der Waals surface area (Å²) in [6, 6.07) is 7.84. The maximum Gasteiger partial charge on any atom is 0.338 e. The highest BCUT2D eigenvalue weighted by Crippen LogP contribution is 2.14. The van der Waals surface area contributed by atoms with E-state index in [2.05, 4.69) is 10.3 Å². The summed E-state index contributed by atoms with van der Waals surface area (Å²) >= 11 is 0. The third-order valence-electron chi connectivity index (χ3n) is 3.28. The van der Waals surface area contributed by atoms with Gasteiger partial charge in [-0.2, -0.15) is 0 Å². The number of anilines is 1. The molecule has 1 heterocycles. The summed E-state index contributed by atoms with van der Waals surface area (Å²) in [7, 11) is 0. The van der Waals surface area contributed by atoms with Gasteiger partial charge in [0.15, 0.2) is 0 Å². The van der Waals surface area contributed by atoms with Crippen LogP contribution in [0.3, 0.4) is 0 Å². The van der Waals surface area contributed by atoms with E-state index in [1.165, 1.54) is 30.3 Å². The van der Waals surface area contributed by atoms with Gasteiger partial charge < -0.3 is 10.1 Å². The van der Waals surface area contributed by atoms with Gasteiger partial charge in [-0.1, -0.05) is 13.0 Å². The maximum absolute atomic E-state index is 13.1. The predicted molar refractivity (Wildman–Crippen MR) is 85.3 cm³/mol. The molecule has 0 saturated carbocycles. The summed E-state index contributed by atoms with van der Waals surface area (Å²) in [6.07, 6.45) is 1.78. The number of pyridine rings is 1. The molecule has 0 bridgehead atoms. The lowest BCUT2D eigenvalue weighted by atomic mass is 10.2. The molecule has 0 aliphatic carbocycles. The quantitative estimate of drug-likeness (QED) is 0.475. The van der Waals surface area contributed by atoms with Gasteiger partial charge in [0.05, 0.1) is 16.5 Å². The first-order valence-electron chi connectivity index (χ1n) is 7.29. The van der Waals surface area contributed by atoms with Crippen molar-refractivity contribution in [3.63, 3.8) is 0 Å². The van der Waals surface area contributed by atoms with Crippen LogP contribution in [0.4, 0.5) is 15.9 Å². The zero-order valence-corrected chi connectivity index (χ0v) is 12.9. The lowest BCUT2D eigenvalue weighted by molar-refractivity contribution is -0.385. The predicted octanol–water partition coefficient (Wildman–Crippen LogP) is 3.18. The SMILES string of the molecule is CCC(COC(=O)c1cccc(F)c1)Nc1ccc([N+](=O)[O-])cn1. The fourth-order valence-corrected chi connectivity index (χ4v) is 1.93. The second kappa shape index (κ2) is 8.00. The zero-order valence-electron chi connectivity index (χ0n) is 12.9.